The van der Waals surface area contributed by atoms with Crippen LogP contribution in [0.25, 0.3) is 0 Å². The molecule has 0 amide bonds. The first kappa shape index (κ1) is 14.9. The lowest BCUT2D eigenvalue weighted by Gasteiger charge is -2.19. The van der Waals surface area contributed by atoms with Crippen LogP contribution < -0.4 is 4.74 Å². The average molecular weight is 263 g/mol. The van der Waals surface area contributed by atoms with Crippen molar-refractivity contribution >= 4 is 11.8 Å². The second kappa shape index (κ2) is 8.05. The Morgan fingerprint density at radius 1 is 1.39 bits per heavy atom. The van der Waals surface area contributed by atoms with Crippen LogP contribution in [0.3, 0.4) is 0 Å². The van der Waals surface area contributed by atoms with Crippen LogP contribution in [0.4, 0.5) is 0 Å². The molecule has 1 atom stereocenters. The summed E-state index contributed by atoms with van der Waals surface area (Å²) in [6, 6.07) is 6.35. The second-order valence-corrected chi connectivity index (χ2v) is 5.13. The predicted molar refractivity (Wildman–Crippen MR) is 78.1 cm³/mol. The van der Waals surface area contributed by atoms with Gasteiger partial charge in [0.2, 0.25) is 0 Å². The van der Waals surface area contributed by atoms with Gasteiger partial charge in [0, 0.05) is 5.75 Å². The maximum absolute atomic E-state index is 8.59. The maximum Gasteiger partial charge on any atom is 0.133 e. The summed E-state index contributed by atoms with van der Waals surface area (Å²) in [4.78, 5) is 0. The van der Waals surface area contributed by atoms with Crippen LogP contribution in [0.15, 0.2) is 18.2 Å². The fraction of sp³-hybridized carbons (Fsp3) is 0.533. The maximum atomic E-state index is 8.59. The fourth-order valence-corrected chi connectivity index (χ4v) is 2.73. The number of thiocyanates is 1. The van der Waals surface area contributed by atoms with Gasteiger partial charge in [-0.2, -0.15) is 5.26 Å². The molecular weight excluding hydrogens is 242 g/mol. The molecule has 1 rings (SSSR count). The predicted octanol–water partition coefficient (Wildman–Crippen LogP) is 4.36. The first-order valence-corrected chi connectivity index (χ1v) is 7.43. The van der Waals surface area contributed by atoms with E-state index in [2.05, 4.69) is 31.4 Å². The summed E-state index contributed by atoms with van der Waals surface area (Å²) in [6.07, 6.45) is 3.20. The molecule has 18 heavy (non-hydrogen) atoms. The number of nitriles is 1. The zero-order chi connectivity index (χ0) is 13.4. The molecule has 2 nitrogen and oxygen atoms in total. The highest BCUT2D eigenvalue weighted by atomic mass is 32.2. The van der Waals surface area contributed by atoms with Crippen molar-refractivity contribution < 1.29 is 4.74 Å². The Bertz CT molecular complexity index is 411. The molecular formula is C15H21NOS. The summed E-state index contributed by atoms with van der Waals surface area (Å²) in [5.74, 6) is 2.38. The van der Waals surface area contributed by atoms with Crippen molar-refractivity contribution in [1.82, 2.24) is 0 Å². The van der Waals surface area contributed by atoms with E-state index in [-0.39, 0.29) is 0 Å². The standard InChI is InChI=1S/C15H21NOS/c1-4-12(8-9-18-11-16)15-7-6-14(17-3)10-13(15)5-2/h6-7,10,12H,4-5,8-9H2,1-3H3. The zero-order valence-electron chi connectivity index (χ0n) is 11.4. The van der Waals surface area contributed by atoms with Gasteiger partial charge >= 0.3 is 0 Å². The smallest absolute Gasteiger partial charge is 0.133 e. The highest BCUT2D eigenvalue weighted by molar-refractivity contribution is 8.03. The molecule has 98 valence electrons. The molecule has 0 aliphatic carbocycles. The Labute approximate surface area is 114 Å². The van der Waals surface area contributed by atoms with Crippen molar-refractivity contribution in [3.63, 3.8) is 0 Å². The van der Waals surface area contributed by atoms with Crippen LogP contribution in [-0.2, 0) is 6.42 Å². The number of ether oxygens (including phenoxy) is 1. The van der Waals surface area contributed by atoms with Gasteiger partial charge in [-0.05, 0) is 60.2 Å². The van der Waals surface area contributed by atoms with E-state index in [0.717, 1.165) is 30.8 Å². The van der Waals surface area contributed by atoms with E-state index < -0.39 is 0 Å². The third kappa shape index (κ3) is 3.96. The van der Waals surface area contributed by atoms with Gasteiger partial charge in [-0.3, -0.25) is 0 Å². The van der Waals surface area contributed by atoms with E-state index >= 15 is 0 Å². The molecule has 0 heterocycles. The first-order chi connectivity index (χ1) is 8.76. The summed E-state index contributed by atoms with van der Waals surface area (Å²) in [6.45, 7) is 4.39. The van der Waals surface area contributed by atoms with Gasteiger partial charge in [-0.25, -0.2) is 0 Å². The molecule has 1 aromatic carbocycles. The highest BCUT2D eigenvalue weighted by Crippen LogP contribution is 2.30. The topological polar surface area (TPSA) is 33.0 Å². The minimum atomic E-state index is 0.548. The molecule has 0 fully saturated rings. The van der Waals surface area contributed by atoms with Crippen molar-refractivity contribution in [1.29, 1.82) is 5.26 Å². The lowest BCUT2D eigenvalue weighted by atomic mass is 9.89. The third-order valence-electron chi connectivity index (χ3n) is 3.30. The van der Waals surface area contributed by atoms with Gasteiger partial charge < -0.3 is 4.74 Å². The van der Waals surface area contributed by atoms with E-state index in [0.29, 0.717) is 5.92 Å². The van der Waals surface area contributed by atoms with E-state index in [9.17, 15) is 0 Å². The molecule has 0 saturated heterocycles. The third-order valence-corrected chi connectivity index (χ3v) is 3.87. The van der Waals surface area contributed by atoms with Crippen molar-refractivity contribution in [2.24, 2.45) is 0 Å². The zero-order valence-corrected chi connectivity index (χ0v) is 12.2. The number of hydrogen-bond acceptors (Lipinski definition) is 3. The van der Waals surface area contributed by atoms with Gasteiger partial charge in [-0.15, -0.1) is 0 Å². The number of rotatable bonds is 7. The normalized spacial score (nSPS) is 11.9. The van der Waals surface area contributed by atoms with Gasteiger partial charge in [0.25, 0.3) is 0 Å². The lowest BCUT2D eigenvalue weighted by Crippen LogP contribution is -2.03. The van der Waals surface area contributed by atoms with Gasteiger partial charge in [0.15, 0.2) is 0 Å². The Balaban J connectivity index is 2.87. The number of benzene rings is 1. The van der Waals surface area contributed by atoms with Crippen LogP contribution in [0.2, 0.25) is 0 Å². The average Bonchev–Trinajstić information content (AvgIpc) is 2.43. The van der Waals surface area contributed by atoms with Crippen LogP contribution in [0, 0.1) is 10.7 Å². The van der Waals surface area contributed by atoms with Crippen molar-refractivity contribution in [3.8, 4) is 11.2 Å². The molecule has 0 bridgehead atoms. The summed E-state index contributed by atoms with van der Waals surface area (Å²) in [7, 11) is 1.70. The summed E-state index contributed by atoms with van der Waals surface area (Å²) >= 11 is 1.35. The minimum absolute atomic E-state index is 0.548. The number of methoxy groups -OCH3 is 1. The van der Waals surface area contributed by atoms with Crippen molar-refractivity contribution in [2.75, 3.05) is 12.9 Å². The molecule has 0 saturated carbocycles. The van der Waals surface area contributed by atoms with Gasteiger partial charge in [0.1, 0.15) is 11.2 Å². The largest absolute Gasteiger partial charge is 0.497 e. The molecule has 1 unspecified atom stereocenters. The molecule has 0 spiro atoms. The minimum Gasteiger partial charge on any atom is -0.497 e. The number of thioether (sulfide) groups is 1. The first-order valence-electron chi connectivity index (χ1n) is 6.44. The molecule has 0 radical (unpaired) electrons. The second-order valence-electron chi connectivity index (χ2n) is 4.25. The lowest BCUT2D eigenvalue weighted by molar-refractivity contribution is 0.414. The molecule has 0 aliphatic heterocycles. The molecule has 0 aromatic heterocycles. The van der Waals surface area contributed by atoms with Crippen LogP contribution in [0.1, 0.15) is 43.7 Å². The Hall–Kier alpha value is -1.14. The van der Waals surface area contributed by atoms with Gasteiger partial charge in [-0.1, -0.05) is 19.9 Å². The summed E-state index contributed by atoms with van der Waals surface area (Å²) < 4.78 is 5.28. The molecule has 0 aliphatic rings. The Morgan fingerprint density at radius 3 is 2.72 bits per heavy atom. The number of hydrogen-bond donors (Lipinski definition) is 0. The Kier molecular flexibility index (Phi) is 6.67. The van der Waals surface area contributed by atoms with Crippen molar-refractivity contribution in [3.05, 3.63) is 29.3 Å². The van der Waals surface area contributed by atoms with Gasteiger partial charge in [0.05, 0.1) is 7.11 Å². The van der Waals surface area contributed by atoms with E-state index in [4.69, 9.17) is 10.00 Å². The molecule has 1 aromatic rings. The van der Waals surface area contributed by atoms with E-state index in [1.807, 2.05) is 6.07 Å². The fourth-order valence-electron chi connectivity index (χ4n) is 2.24. The van der Waals surface area contributed by atoms with Crippen LogP contribution in [0.5, 0.6) is 5.75 Å². The highest BCUT2D eigenvalue weighted by Gasteiger charge is 2.13. The quantitative estimate of drug-likeness (QED) is 0.541. The van der Waals surface area contributed by atoms with E-state index in [1.165, 1.54) is 22.9 Å². The van der Waals surface area contributed by atoms with E-state index in [1.54, 1.807) is 7.11 Å². The number of nitrogens with zero attached hydrogens (tertiary/aromatic N) is 1. The van der Waals surface area contributed by atoms with Crippen LogP contribution >= 0.6 is 11.8 Å². The monoisotopic (exact) mass is 263 g/mol. The summed E-state index contributed by atoms with van der Waals surface area (Å²) in [5, 5.41) is 10.7. The molecule has 0 N–H and O–H groups in total. The number of aryl methyl sites for hydroxylation is 1. The van der Waals surface area contributed by atoms with Crippen molar-refractivity contribution in [2.45, 2.75) is 39.0 Å². The SMILES string of the molecule is CCc1cc(OC)ccc1C(CC)CCSC#N. The Morgan fingerprint density at radius 2 is 2.17 bits per heavy atom. The molecule has 3 heteroatoms. The van der Waals surface area contributed by atoms with Crippen LogP contribution in [-0.4, -0.2) is 12.9 Å². The summed E-state index contributed by atoms with van der Waals surface area (Å²) in [5.41, 5.74) is 2.78.